The minimum atomic E-state index is -0.276. The van der Waals surface area contributed by atoms with Gasteiger partial charge in [0, 0.05) is 19.5 Å². The lowest BCUT2D eigenvalue weighted by Crippen LogP contribution is -2.48. The van der Waals surface area contributed by atoms with E-state index >= 15 is 0 Å². The van der Waals surface area contributed by atoms with Crippen molar-refractivity contribution in [2.45, 2.75) is 25.4 Å². The first-order valence-electron chi connectivity index (χ1n) is 6.99. The van der Waals surface area contributed by atoms with E-state index in [0.717, 1.165) is 11.4 Å². The van der Waals surface area contributed by atoms with Crippen LogP contribution in [0.3, 0.4) is 0 Å². The number of nitrogens with zero attached hydrogens (tertiary/aromatic N) is 1. The number of hydrogen-bond acceptors (Lipinski definition) is 3. The van der Waals surface area contributed by atoms with Gasteiger partial charge in [-0.2, -0.15) is 0 Å². The summed E-state index contributed by atoms with van der Waals surface area (Å²) in [5, 5.41) is 6.01. The number of nitrogens with one attached hydrogen (secondary N) is 3. The molecule has 2 aromatic rings. The van der Waals surface area contributed by atoms with Gasteiger partial charge in [-0.25, -0.2) is 9.37 Å². The average Bonchev–Trinajstić information content (AvgIpc) is 2.96. The summed E-state index contributed by atoms with van der Waals surface area (Å²) in [6.07, 6.45) is 2.70. The Morgan fingerprint density at radius 2 is 2.29 bits per heavy atom. The fourth-order valence-electron chi connectivity index (χ4n) is 2.50. The maximum absolute atomic E-state index is 13.5. The van der Waals surface area contributed by atoms with Crippen molar-refractivity contribution in [1.82, 2.24) is 20.6 Å². The molecule has 21 heavy (non-hydrogen) atoms. The van der Waals surface area contributed by atoms with Crippen LogP contribution in [-0.2, 0) is 24.2 Å². The number of amides is 1. The van der Waals surface area contributed by atoms with Crippen LogP contribution in [0.4, 0.5) is 4.39 Å². The molecule has 6 heteroatoms. The molecule has 1 aliphatic heterocycles. The van der Waals surface area contributed by atoms with Crippen molar-refractivity contribution in [1.29, 1.82) is 0 Å². The van der Waals surface area contributed by atoms with Crippen LogP contribution in [0.2, 0.25) is 0 Å². The molecule has 0 fully saturated rings. The van der Waals surface area contributed by atoms with Crippen LogP contribution in [0.5, 0.6) is 0 Å². The summed E-state index contributed by atoms with van der Waals surface area (Å²) in [5.41, 5.74) is 2.58. The third-order valence-corrected chi connectivity index (χ3v) is 3.70. The Bertz CT molecular complexity index is 640. The van der Waals surface area contributed by atoms with Gasteiger partial charge in [-0.1, -0.05) is 18.2 Å². The monoisotopic (exact) mass is 288 g/mol. The molecule has 1 unspecified atom stereocenters. The second-order valence-electron chi connectivity index (χ2n) is 5.10. The van der Waals surface area contributed by atoms with Gasteiger partial charge in [0.1, 0.15) is 5.82 Å². The number of carbonyl (C=O) groups is 1. The van der Waals surface area contributed by atoms with Crippen LogP contribution in [0.15, 0.2) is 30.6 Å². The molecule has 110 valence electrons. The zero-order chi connectivity index (χ0) is 14.7. The van der Waals surface area contributed by atoms with Crippen LogP contribution in [0, 0.1) is 5.82 Å². The normalized spacial score (nSPS) is 17.3. The SMILES string of the molecule is O=C(NCCc1ccccc1F)C1Cc2nc[nH]c2CN1. The number of aromatic amines is 1. The Labute approximate surface area is 122 Å². The van der Waals surface area contributed by atoms with Crippen molar-refractivity contribution in [3.8, 4) is 0 Å². The minimum Gasteiger partial charge on any atom is -0.354 e. The quantitative estimate of drug-likeness (QED) is 0.783. The van der Waals surface area contributed by atoms with Gasteiger partial charge in [-0.15, -0.1) is 0 Å². The molecule has 0 radical (unpaired) electrons. The molecule has 0 saturated carbocycles. The maximum atomic E-state index is 13.5. The predicted octanol–water partition coefficient (Wildman–Crippen LogP) is 0.922. The summed E-state index contributed by atoms with van der Waals surface area (Å²) in [5.74, 6) is -0.302. The topological polar surface area (TPSA) is 69.8 Å². The van der Waals surface area contributed by atoms with E-state index in [1.54, 1.807) is 24.5 Å². The second kappa shape index (κ2) is 6.05. The summed E-state index contributed by atoms with van der Waals surface area (Å²) >= 11 is 0. The van der Waals surface area contributed by atoms with E-state index in [2.05, 4.69) is 20.6 Å². The Morgan fingerprint density at radius 1 is 1.43 bits per heavy atom. The van der Waals surface area contributed by atoms with Gasteiger partial charge in [0.25, 0.3) is 0 Å². The molecule has 0 saturated heterocycles. The third kappa shape index (κ3) is 3.11. The van der Waals surface area contributed by atoms with Crippen molar-refractivity contribution in [2.75, 3.05) is 6.54 Å². The zero-order valence-corrected chi connectivity index (χ0v) is 11.5. The van der Waals surface area contributed by atoms with Crippen LogP contribution < -0.4 is 10.6 Å². The Hall–Kier alpha value is -2.21. The first kappa shape index (κ1) is 13.8. The minimum absolute atomic E-state index is 0.0695. The lowest BCUT2D eigenvalue weighted by atomic mass is 10.0. The molecule has 1 atom stereocenters. The number of halogens is 1. The van der Waals surface area contributed by atoms with Gasteiger partial charge in [0.2, 0.25) is 5.91 Å². The van der Waals surface area contributed by atoms with Crippen LogP contribution in [0.25, 0.3) is 0 Å². The summed E-state index contributed by atoms with van der Waals surface area (Å²) in [4.78, 5) is 19.3. The molecule has 5 nitrogen and oxygen atoms in total. The smallest absolute Gasteiger partial charge is 0.237 e. The number of hydrogen-bond donors (Lipinski definition) is 3. The third-order valence-electron chi connectivity index (χ3n) is 3.70. The van der Waals surface area contributed by atoms with E-state index in [1.165, 1.54) is 6.07 Å². The number of aromatic nitrogens is 2. The first-order valence-corrected chi connectivity index (χ1v) is 6.99. The highest BCUT2D eigenvalue weighted by molar-refractivity contribution is 5.82. The number of rotatable bonds is 4. The van der Waals surface area contributed by atoms with E-state index in [-0.39, 0.29) is 17.8 Å². The fourth-order valence-corrected chi connectivity index (χ4v) is 2.50. The molecular weight excluding hydrogens is 271 g/mol. The van der Waals surface area contributed by atoms with Gasteiger partial charge < -0.3 is 10.3 Å². The van der Waals surface area contributed by atoms with Crippen molar-refractivity contribution in [3.63, 3.8) is 0 Å². The molecule has 3 N–H and O–H groups in total. The van der Waals surface area contributed by atoms with Gasteiger partial charge >= 0.3 is 0 Å². The predicted molar refractivity (Wildman–Crippen MR) is 76.0 cm³/mol. The molecular formula is C15H17FN4O. The largest absolute Gasteiger partial charge is 0.354 e. The standard InChI is InChI=1S/C15H17FN4O/c16-11-4-2-1-3-10(11)5-6-17-15(21)13-7-12-14(8-18-13)20-9-19-12/h1-4,9,13,18H,5-8H2,(H,17,21)(H,19,20). The number of fused-ring (bicyclic) bond motifs is 1. The van der Waals surface area contributed by atoms with Crippen LogP contribution in [0.1, 0.15) is 17.0 Å². The number of imidazole rings is 1. The maximum Gasteiger partial charge on any atom is 0.237 e. The van der Waals surface area contributed by atoms with E-state index in [4.69, 9.17) is 0 Å². The molecule has 0 spiro atoms. The van der Waals surface area contributed by atoms with Crippen LogP contribution in [-0.4, -0.2) is 28.5 Å². The highest BCUT2D eigenvalue weighted by atomic mass is 19.1. The summed E-state index contributed by atoms with van der Waals surface area (Å²) in [7, 11) is 0. The van der Waals surface area contributed by atoms with Gasteiger partial charge in [0.15, 0.2) is 0 Å². The Morgan fingerprint density at radius 3 is 3.14 bits per heavy atom. The summed E-state index contributed by atoms with van der Waals surface area (Å²) < 4.78 is 13.5. The molecule has 1 aromatic heterocycles. The van der Waals surface area contributed by atoms with Crippen molar-refractivity contribution in [3.05, 3.63) is 53.4 Å². The molecule has 0 aliphatic carbocycles. The van der Waals surface area contributed by atoms with E-state index in [9.17, 15) is 9.18 Å². The summed E-state index contributed by atoms with van der Waals surface area (Å²) in [6, 6.07) is 6.34. The number of benzene rings is 1. The highest BCUT2D eigenvalue weighted by Gasteiger charge is 2.25. The van der Waals surface area contributed by atoms with E-state index < -0.39 is 0 Å². The molecule has 0 bridgehead atoms. The van der Waals surface area contributed by atoms with Crippen molar-refractivity contribution >= 4 is 5.91 Å². The number of H-pyrrole nitrogens is 1. The molecule has 1 aliphatic rings. The second-order valence-corrected chi connectivity index (χ2v) is 5.10. The van der Waals surface area contributed by atoms with Gasteiger partial charge in [-0.3, -0.25) is 10.1 Å². The lowest BCUT2D eigenvalue weighted by molar-refractivity contribution is -0.123. The highest BCUT2D eigenvalue weighted by Crippen LogP contribution is 2.12. The molecule has 1 aromatic carbocycles. The molecule has 2 heterocycles. The Kier molecular flexibility index (Phi) is 3.96. The zero-order valence-electron chi connectivity index (χ0n) is 11.5. The van der Waals surface area contributed by atoms with Crippen LogP contribution >= 0.6 is 0 Å². The van der Waals surface area contributed by atoms with Gasteiger partial charge in [-0.05, 0) is 18.1 Å². The first-order chi connectivity index (χ1) is 10.2. The van der Waals surface area contributed by atoms with Crippen molar-refractivity contribution in [2.24, 2.45) is 0 Å². The van der Waals surface area contributed by atoms with E-state index in [0.29, 0.717) is 31.5 Å². The van der Waals surface area contributed by atoms with E-state index in [1.807, 2.05) is 0 Å². The Balaban J connectivity index is 1.50. The molecule has 1 amide bonds. The number of carbonyl (C=O) groups excluding carboxylic acids is 1. The fraction of sp³-hybridized carbons (Fsp3) is 0.333. The summed E-state index contributed by atoms with van der Waals surface area (Å²) in [6.45, 7) is 1.03. The molecule has 3 rings (SSSR count). The average molecular weight is 288 g/mol. The van der Waals surface area contributed by atoms with Gasteiger partial charge in [0.05, 0.1) is 23.8 Å². The van der Waals surface area contributed by atoms with Crippen molar-refractivity contribution < 1.29 is 9.18 Å². The lowest BCUT2D eigenvalue weighted by Gasteiger charge is -2.22.